The van der Waals surface area contributed by atoms with Crippen LogP contribution in [0, 0.1) is 13.8 Å². The minimum Gasteiger partial charge on any atom is -0.226 e. The Kier molecular flexibility index (Phi) is 3.59. The standard InChI is InChI=1S/C14H15BrN6/c1-4-20-18-14(17-19-20)12-8-16-21(13(12)15)11-6-5-9(2)10(3)7-11/h5-8H,4H2,1-3H3. The van der Waals surface area contributed by atoms with Crippen molar-refractivity contribution < 1.29 is 0 Å². The Morgan fingerprint density at radius 2 is 2.00 bits per heavy atom. The molecule has 1 aromatic carbocycles. The van der Waals surface area contributed by atoms with Crippen molar-refractivity contribution in [2.75, 3.05) is 0 Å². The van der Waals surface area contributed by atoms with Crippen LogP contribution in [0.5, 0.6) is 0 Å². The summed E-state index contributed by atoms with van der Waals surface area (Å²) in [6.07, 6.45) is 1.75. The molecule has 0 saturated carbocycles. The fraction of sp³-hybridized carbons (Fsp3) is 0.286. The van der Waals surface area contributed by atoms with Crippen LogP contribution in [0.4, 0.5) is 0 Å². The molecule has 21 heavy (non-hydrogen) atoms. The van der Waals surface area contributed by atoms with Crippen molar-refractivity contribution in [3.63, 3.8) is 0 Å². The summed E-state index contributed by atoms with van der Waals surface area (Å²) in [6.45, 7) is 6.84. The second-order valence-corrected chi connectivity index (χ2v) is 5.58. The molecule has 0 N–H and O–H groups in total. The van der Waals surface area contributed by atoms with Gasteiger partial charge in [0.1, 0.15) is 4.60 Å². The molecule has 0 amide bonds. The topological polar surface area (TPSA) is 61.4 Å². The van der Waals surface area contributed by atoms with Crippen LogP contribution in [0.15, 0.2) is 29.0 Å². The Morgan fingerprint density at radius 3 is 2.67 bits per heavy atom. The molecule has 2 aromatic heterocycles. The van der Waals surface area contributed by atoms with Crippen LogP contribution in [-0.4, -0.2) is 30.0 Å². The average Bonchev–Trinajstić information content (AvgIpc) is 3.08. The number of aryl methyl sites for hydroxylation is 3. The first-order chi connectivity index (χ1) is 10.1. The Labute approximate surface area is 130 Å². The predicted molar refractivity (Wildman–Crippen MR) is 83.2 cm³/mol. The van der Waals surface area contributed by atoms with E-state index in [-0.39, 0.29) is 0 Å². The molecule has 6 nitrogen and oxygen atoms in total. The molecular weight excluding hydrogens is 332 g/mol. The lowest BCUT2D eigenvalue weighted by Gasteiger charge is -2.06. The molecule has 0 aliphatic carbocycles. The van der Waals surface area contributed by atoms with E-state index >= 15 is 0 Å². The van der Waals surface area contributed by atoms with Gasteiger partial charge in [-0.25, -0.2) is 4.68 Å². The zero-order valence-electron chi connectivity index (χ0n) is 12.1. The van der Waals surface area contributed by atoms with Crippen molar-refractivity contribution in [3.05, 3.63) is 40.1 Å². The Bertz CT molecular complexity index is 789. The summed E-state index contributed by atoms with van der Waals surface area (Å²) >= 11 is 3.58. The van der Waals surface area contributed by atoms with Gasteiger partial charge in [-0.05, 0) is 65.2 Å². The molecule has 0 saturated heterocycles. The number of halogens is 1. The third-order valence-corrected chi connectivity index (χ3v) is 4.19. The summed E-state index contributed by atoms with van der Waals surface area (Å²) < 4.78 is 2.65. The molecule has 0 radical (unpaired) electrons. The van der Waals surface area contributed by atoms with Crippen molar-refractivity contribution in [3.8, 4) is 17.1 Å². The van der Waals surface area contributed by atoms with Crippen molar-refractivity contribution in [1.82, 2.24) is 30.0 Å². The average molecular weight is 347 g/mol. The number of aromatic nitrogens is 6. The van der Waals surface area contributed by atoms with Gasteiger partial charge >= 0.3 is 0 Å². The summed E-state index contributed by atoms with van der Waals surface area (Å²) in [4.78, 5) is 1.55. The van der Waals surface area contributed by atoms with Gasteiger partial charge in [-0.1, -0.05) is 6.07 Å². The van der Waals surface area contributed by atoms with Crippen molar-refractivity contribution in [2.24, 2.45) is 0 Å². The third-order valence-electron chi connectivity index (χ3n) is 3.42. The summed E-state index contributed by atoms with van der Waals surface area (Å²) in [7, 11) is 0. The number of benzene rings is 1. The quantitative estimate of drug-likeness (QED) is 0.731. The van der Waals surface area contributed by atoms with Crippen LogP contribution in [0.1, 0.15) is 18.1 Å². The number of nitrogens with zero attached hydrogens (tertiary/aromatic N) is 6. The van der Waals surface area contributed by atoms with Gasteiger partial charge in [0.25, 0.3) is 0 Å². The van der Waals surface area contributed by atoms with Crippen molar-refractivity contribution in [2.45, 2.75) is 27.3 Å². The van der Waals surface area contributed by atoms with E-state index in [0.717, 1.165) is 15.9 Å². The fourth-order valence-corrected chi connectivity index (χ4v) is 2.58. The highest BCUT2D eigenvalue weighted by atomic mass is 79.9. The van der Waals surface area contributed by atoms with Gasteiger partial charge in [-0.3, -0.25) is 0 Å². The van der Waals surface area contributed by atoms with Crippen LogP contribution in [-0.2, 0) is 6.54 Å². The van der Waals surface area contributed by atoms with E-state index in [9.17, 15) is 0 Å². The highest BCUT2D eigenvalue weighted by molar-refractivity contribution is 9.10. The Balaban J connectivity index is 2.04. The second kappa shape index (κ2) is 5.40. The summed E-state index contributed by atoms with van der Waals surface area (Å²) in [5, 5.41) is 16.8. The highest BCUT2D eigenvalue weighted by Gasteiger charge is 2.16. The smallest absolute Gasteiger partial charge is 0.209 e. The summed E-state index contributed by atoms with van der Waals surface area (Å²) in [5.41, 5.74) is 4.31. The first-order valence-corrected chi connectivity index (χ1v) is 7.48. The number of tetrazole rings is 1. The monoisotopic (exact) mass is 346 g/mol. The number of rotatable bonds is 3. The van der Waals surface area contributed by atoms with Crippen LogP contribution >= 0.6 is 15.9 Å². The molecule has 0 aliphatic heterocycles. The summed E-state index contributed by atoms with van der Waals surface area (Å²) in [6, 6.07) is 6.23. The SMILES string of the molecule is CCn1nnc(-c2cnn(-c3ccc(C)c(C)c3)c2Br)n1. The van der Waals surface area contributed by atoms with Crippen molar-refractivity contribution in [1.29, 1.82) is 0 Å². The number of hydrogen-bond acceptors (Lipinski definition) is 4. The largest absolute Gasteiger partial charge is 0.226 e. The minimum atomic E-state index is 0.568. The van der Waals surface area contributed by atoms with Gasteiger partial charge in [-0.15, -0.1) is 10.2 Å². The fourth-order valence-electron chi connectivity index (χ4n) is 2.01. The molecule has 0 spiro atoms. The molecule has 7 heteroatoms. The van der Waals surface area contributed by atoms with Gasteiger partial charge in [-0.2, -0.15) is 9.90 Å². The first-order valence-electron chi connectivity index (χ1n) is 6.69. The van der Waals surface area contributed by atoms with E-state index < -0.39 is 0 Å². The lowest BCUT2D eigenvalue weighted by atomic mass is 10.1. The van der Waals surface area contributed by atoms with E-state index in [4.69, 9.17) is 0 Å². The molecule has 108 valence electrons. The van der Waals surface area contributed by atoms with Crippen LogP contribution in [0.25, 0.3) is 17.1 Å². The number of hydrogen-bond donors (Lipinski definition) is 0. The Hall–Kier alpha value is -2.02. The second-order valence-electron chi connectivity index (χ2n) is 4.83. The van der Waals surface area contributed by atoms with Crippen LogP contribution < -0.4 is 0 Å². The van der Waals surface area contributed by atoms with Gasteiger partial charge in [0.15, 0.2) is 0 Å². The van der Waals surface area contributed by atoms with Gasteiger partial charge < -0.3 is 0 Å². The first kappa shape index (κ1) is 13.9. The lowest BCUT2D eigenvalue weighted by molar-refractivity contribution is 0.553. The molecule has 3 rings (SSSR count). The minimum absolute atomic E-state index is 0.568. The zero-order valence-corrected chi connectivity index (χ0v) is 13.7. The molecular formula is C14H15BrN6. The van der Waals surface area contributed by atoms with E-state index in [1.165, 1.54) is 11.1 Å². The Morgan fingerprint density at radius 1 is 1.19 bits per heavy atom. The van der Waals surface area contributed by atoms with Crippen LogP contribution in [0.3, 0.4) is 0 Å². The van der Waals surface area contributed by atoms with Gasteiger partial charge in [0.2, 0.25) is 5.82 Å². The molecule has 2 heterocycles. The molecule has 3 aromatic rings. The van der Waals surface area contributed by atoms with E-state index in [1.807, 2.05) is 17.7 Å². The lowest BCUT2D eigenvalue weighted by Crippen LogP contribution is -1.98. The van der Waals surface area contributed by atoms with E-state index in [1.54, 1.807) is 11.0 Å². The maximum absolute atomic E-state index is 4.42. The van der Waals surface area contributed by atoms with Gasteiger partial charge in [0.05, 0.1) is 24.0 Å². The highest BCUT2D eigenvalue weighted by Crippen LogP contribution is 2.27. The molecule has 0 fully saturated rings. The maximum atomic E-state index is 4.42. The maximum Gasteiger partial charge on any atom is 0.209 e. The molecule has 0 unspecified atom stereocenters. The molecule has 0 aliphatic rings. The predicted octanol–water partition coefficient (Wildman–Crippen LogP) is 2.93. The van der Waals surface area contributed by atoms with E-state index in [0.29, 0.717) is 12.4 Å². The third kappa shape index (κ3) is 2.49. The van der Waals surface area contributed by atoms with E-state index in [2.05, 4.69) is 62.4 Å². The van der Waals surface area contributed by atoms with Crippen LogP contribution in [0.2, 0.25) is 0 Å². The molecule has 0 bridgehead atoms. The normalized spacial score (nSPS) is 11.0. The van der Waals surface area contributed by atoms with Gasteiger partial charge in [0, 0.05) is 0 Å². The summed E-state index contributed by atoms with van der Waals surface area (Å²) in [5.74, 6) is 0.568. The zero-order chi connectivity index (χ0) is 15.0. The van der Waals surface area contributed by atoms with Crippen molar-refractivity contribution >= 4 is 15.9 Å². The molecule has 0 atom stereocenters.